The van der Waals surface area contributed by atoms with Crippen molar-refractivity contribution in [2.24, 2.45) is 0 Å². The normalized spacial score (nSPS) is 10.5. The molecule has 1 N–H and O–H groups in total. The van der Waals surface area contributed by atoms with Gasteiger partial charge in [-0.2, -0.15) is 0 Å². The Bertz CT molecular complexity index is 678. The van der Waals surface area contributed by atoms with Crippen LogP contribution >= 0.6 is 0 Å². The van der Waals surface area contributed by atoms with Crippen LogP contribution in [-0.4, -0.2) is 9.91 Å². The zero-order valence-electron chi connectivity index (χ0n) is 12.1. The Kier molecular flexibility index (Phi) is 4.16. The number of benzene rings is 1. The summed E-state index contributed by atoms with van der Waals surface area (Å²) in [7, 11) is 0. The summed E-state index contributed by atoms with van der Waals surface area (Å²) in [6.45, 7) is 5.52. The van der Waals surface area contributed by atoms with Gasteiger partial charge in [-0.05, 0) is 43.5 Å². The second kappa shape index (κ2) is 5.87. The van der Waals surface area contributed by atoms with E-state index in [-0.39, 0.29) is 11.5 Å². The van der Waals surface area contributed by atoms with Crippen LogP contribution in [0.15, 0.2) is 24.3 Å². The summed E-state index contributed by atoms with van der Waals surface area (Å²) >= 11 is 0. The average Bonchev–Trinajstić information content (AvgIpc) is 2.42. The molecule has 21 heavy (non-hydrogen) atoms. The largest absolute Gasteiger partial charge is 0.366 e. The van der Waals surface area contributed by atoms with Gasteiger partial charge in [0, 0.05) is 12.6 Å². The van der Waals surface area contributed by atoms with E-state index < -0.39 is 4.92 Å². The number of anilines is 1. The lowest BCUT2D eigenvalue weighted by atomic mass is 10.1. The van der Waals surface area contributed by atoms with Gasteiger partial charge in [0.15, 0.2) is 0 Å². The Hall–Kier alpha value is -2.50. The smallest absolute Gasteiger partial charge is 0.290 e. The number of pyridine rings is 1. The number of hydrogen-bond donors (Lipinski definition) is 1. The van der Waals surface area contributed by atoms with E-state index in [1.54, 1.807) is 39.0 Å². The number of nitro groups is 1. The summed E-state index contributed by atoms with van der Waals surface area (Å²) < 4.78 is 13.6. The molecular weight excluding hydrogens is 273 g/mol. The van der Waals surface area contributed by atoms with E-state index in [2.05, 4.69) is 10.3 Å². The van der Waals surface area contributed by atoms with Crippen LogP contribution in [0, 0.1) is 36.7 Å². The highest BCUT2D eigenvalue weighted by atomic mass is 19.1. The van der Waals surface area contributed by atoms with Crippen LogP contribution in [0.2, 0.25) is 0 Å². The van der Waals surface area contributed by atoms with Crippen LogP contribution in [0.3, 0.4) is 0 Å². The second-order valence-electron chi connectivity index (χ2n) is 4.96. The van der Waals surface area contributed by atoms with Gasteiger partial charge in [0.2, 0.25) is 0 Å². The molecule has 0 aliphatic carbocycles. The molecule has 0 atom stereocenters. The molecule has 2 rings (SSSR count). The predicted octanol–water partition coefficient (Wildman–Crippen LogP) is 3.67. The lowest BCUT2D eigenvalue weighted by molar-refractivity contribution is -0.385. The lowest BCUT2D eigenvalue weighted by Gasteiger charge is -2.09. The van der Waals surface area contributed by atoms with Crippen LogP contribution in [0.4, 0.5) is 15.9 Å². The number of nitrogens with one attached hydrogen (secondary N) is 1. The van der Waals surface area contributed by atoms with Crippen molar-refractivity contribution in [1.29, 1.82) is 0 Å². The lowest BCUT2D eigenvalue weighted by Crippen LogP contribution is -2.04. The first-order valence-electron chi connectivity index (χ1n) is 6.50. The van der Waals surface area contributed by atoms with E-state index in [1.165, 1.54) is 6.07 Å². The molecule has 0 bridgehead atoms. The topological polar surface area (TPSA) is 68.1 Å². The van der Waals surface area contributed by atoms with Crippen LogP contribution < -0.4 is 5.32 Å². The van der Waals surface area contributed by atoms with E-state index in [1.807, 2.05) is 0 Å². The van der Waals surface area contributed by atoms with Gasteiger partial charge < -0.3 is 5.32 Å². The van der Waals surface area contributed by atoms with Gasteiger partial charge in [0.1, 0.15) is 17.3 Å². The van der Waals surface area contributed by atoms with Crippen molar-refractivity contribution in [2.45, 2.75) is 27.3 Å². The van der Waals surface area contributed by atoms with E-state index in [0.717, 1.165) is 5.56 Å². The molecule has 2 aromatic rings. The number of aryl methyl sites for hydroxylation is 3. The third-order valence-electron chi connectivity index (χ3n) is 3.22. The van der Waals surface area contributed by atoms with Gasteiger partial charge in [-0.1, -0.05) is 12.1 Å². The van der Waals surface area contributed by atoms with Gasteiger partial charge in [0.25, 0.3) is 5.69 Å². The minimum absolute atomic E-state index is 0.00554. The molecule has 0 fully saturated rings. The Morgan fingerprint density at radius 3 is 2.38 bits per heavy atom. The molecule has 0 aliphatic heterocycles. The van der Waals surface area contributed by atoms with Crippen LogP contribution in [0.25, 0.3) is 0 Å². The number of rotatable bonds is 4. The Labute approximate surface area is 122 Å². The molecular formula is C15H16FN3O2. The number of hydrogen-bond acceptors (Lipinski definition) is 4. The van der Waals surface area contributed by atoms with Crippen molar-refractivity contribution in [3.05, 3.63) is 62.6 Å². The molecule has 0 saturated carbocycles. The fourth-order valence-electron chi connectivity index (χ4n) is 2.18. The summed E-state index contributed by atoms with van der Waals surface area (Å²) in [4.78, 5) is 14.4. The third-order valence-corrected chi connectivity index (χ3v) is 3.22. The molecule has 0 radical (unpaired) electrons. The van der Waals surface area contributed by atoms with E-state index in [4.69, 9.17) is 0 Å². The average molecular weight is 289 g/mol. The summed E-state index contributed by atoms with van der Waals surface area (Å²) in [5, 5.41) is 13.8. The maximum absolute atomic E-state index is 13.6. The maximum Gasteiger partial charge on any atom is 0.290 e. The van der Waals surface area contributed by atoms with Crippen molar-refractivity contribution >= 4 is 11.5 Å². The summed E-state index contributed by atoms with van der Waals surface area (Å²) in [5.41, 5.74) is 2.48. The molecule has 5 nitrogen and oxygen atoms in total. The number of halogens is 1. The second-order valence-corrected chi connectivity index (χ2v) is 4.96. The molecule has 0 saturated heterocycles. The van der Waals surface area contributed by atoms with Gasteiger partial charge in [-0.15, -0.1) is 0 Å². The first-order valence-corrected chi connectivity index (χ1v) is 6.50. The first kappa shape index (κ1) is 14.9. The van der Waals surface area contributed by atoms with Crippen molar-refractivity contribution < 1.29 is 9.31 Å². The minimum Gasteiger partial charge on any atom is -0.366 e. The molecule has 1 heterocycles. The zero-order chi connectivity index (χ0) is 15.6. The molecule has 0 amide bonds. The summed E-state index contributed by atoms with van der Waals surface area (Å²) in [6, 6.07) is 6.53. The van der Waals surface area contributed by atoms with E-state index >= 15 is 0 Å². The minimum atomic E-state index is -0.460. The van der Waals surface area contributed by atoms with Crippen LogP contribution in [-0.2, 0) is 6.54 Å². The van der Waals surface area contributed by atoms with Gasteiger partial charge >= 0.3 is 0 Å². The van der Waals surface area contributed by atoms with Crippen molar-refractivity contribution in [3.8, 4) is 0 Å². The van der Waals surface area contributed by atoms with Gasteiger partial charge in [-0.3, -0.25) is 10.1 Å². The van der Waals surface area contributed by atoms with Crippen LogP contribution in [0.5, 0.6) is 0 Å². The SMILES string of the molecule is Cc1cc(CNc2ccc([N+](=O)[O-])c(C)n2)cc(C)c1F. The molecule has 0 unspecified atom stereocenters. The highest BCUT2D eigenvalue weighted by Gasteiger charge is 2.11. The van der Waals surface area contributed by atoms with Crippen LogP contribution in [0.1, 0.15) is 22.4 Å². The quantitative estimate of drug-likeness (QED) is 0.689. The molecule has 0 aliphatic rings. The third kappa shape index (κ3) is 3.34. The molecule has 1 aromatic heterocycles. The van der Waals surface area contributed by atoms with Crippen molar-refractivity contribution in [3.63, 3.8) is 0 Å². The van der Waals surface area contributed by atoms with Gasteiger partial charge in [-0.25, -0.2) is 9.37 Å². The summed E-state index contributed by atoms with van der Waals surface area (Å²) in [6.07, 6.45) is 0. The van der Waals surface area contributed by atoms with E-state index in [9.17, 15) is 14.5 Å². The highest BCUT2D eigenvalue weighted by molar-refractivity contribution is 5.45. The van der Waals surface area contributed by atoms with Crippen molar-refractivity contribution in [2.75, 3.05) is 5.32 Å². The van der Waals surface area contributed by atoms with Gasteiger partial charge in [0.05, 0.1) is 4.92 Å². The fraction of sp³-hybridized carbons (Fsp3) is 0.267. The maximum atomic E-state index is 13.6. The van der Waals surface area contributed by atoms with Crippen molar-refractivity contribution in [1.82, 2.24) is 4.98 Å². The Balaban J connectivity index is 2.13. The molecule has 6 heteroatoms. The highest BCUT2D eigenvalue weighted by Crippen LogP contribution is 2.19. The molecule has 1 aromatic carbocycles. The fourth-order valence-corrected chi connectivity index (χ4v) is 2.18. The molecule has 0 spiro atoms. The number of aromatic nitrogens is 1. The Morgan fingerprint density at radius 2 is 1.86 bits per heavy atom. The predicted molar refractivity (Wildman–Crippen MR) is 78.8 cm³/mol. The monoisotopic (exact) mass is 289 g/mol. The standard InChI is InChI=1S/C15H16FN3O2/c1-9-6-12(7-10(2)15(9)16)8-17-14-5-4-13(19(20)21)11(3)18-14/h4-7H,8H2,1-3H3,(H,17,18). The summed E-state index contributed by atoms with van der Waals surface area (Å²) in [5.74, 6) is 0.362. The van der Waals surface area contributed by atoms with E-state index in [0.29, 0.717) is 29.2 Å². The first-order chi connectivity index (χ1) is 9.88. The Morgan fingerprint density at radius 1 is 1.24 bits per heavy atom. The zero-order valence-corrected chi connectivity index (χ0v) is 12.1. The number of nitrogens with zero attached hydrogens (tertiary/aromatic N) is 2. The molecule has 110 valence electrons.